The van der Waals surface area contributed by atoms with Crippen molar-refractivity contribution in [3.63, 3.8) is 0 Å². The van der Waals surface area contributed by atoms with Gasteiger partial charge in [0.2, 0.25) is 0 Å². The molecule has 0 aliphatic heterocycles. The monoisotopic (exact) mass is 321 g/mol. The molecule has 1 fully saturated rings. The Morgan fingerprint density at radius 1 is 1.45 bits per heavy atom. The van der Waals surface area contributed by atoms with Gasteiger partial charge in [-0.05, 0) is 31.4 Å². The Kier molecular flexibility index (Phi) is 4.31. The zero-order valence-electron chi connectivity index (χ0n) is 12.7. The van der Waals surface area contributed by atoms with Crippen LogP contribution in [-0.2, 0) is 7.05 Å². The number of hydrogen-bond donors (Lipinski definition) is 2. The molecule has 1 aliphatic rings. The fourth-order valence-electron chi connectivity index (χ4n) is 3.09. The molecule has 7 heteroatoms. The molecule has 0 saturated heterocycles. The van der Waals surface area contributed by atoms with Gasteiger partial charge in [-0.3, -0.25) is 0 Å². The van der Waals surface area contributed by atoms with Gasteiger partial charge < -0.3 is 15.0 Å². The van der Waals surface area contributed by atoms with E-state index in [1.807, 2.05) is 24.6 Å². The Labute approximate surface area is 134 Å². The van der Waals surface area contributed by atoms with Crippen LogP contribution in [0.15, 0.2) is 18.6 Å². The van der Waals surface area contributed by atoms with Gasteiger partial charge >= 0.3 is 0 Å². The molecule has 2 heterocycles. The lowest BCUT2D eigenvalue weighted by atomic mass is 10.0. The standard InChI is InChI=1S/C15H20ClN5O/c1-9-3-4-17-14(13(9)16)18-7-11-5-10(6-12(11)22)15-20-19-8-21(15)2/h3-4,8,10-12,22H,5-7H2,1-2H3,(H,17,18)/t10-,11+,12+/m0/s1. The first-order chi connectivity index (χ1) is 10.6. The highest BCUT2D eigenvalue weighted by Crippen LogP contribution is 2.37. The van der Waals surface area contributed by atoms with Crippen molar-refractivity contribution in [1.82, 2.24) is 19.7 Å². The van der Waals surface area contributed by atoms with E-state index in [2.05, 4.69) is 20.5 Å². The fourth-order valence-corrected chi connectivity index (χ4v) is 3.26. The summed E-state index contributed by atoms with van der Waals surface area (Å²) in [6, 6.07) is 1.88. The summed E-state index contributed by atoms with van der Waals surface area (Å²) in [5, 5.41) is 22.3. The minimum Gasteiger partial charge on any atom is -0.393 e. The number of aliphatic hydroxyl groups is 1. The quantitative estimate of drug-likeness (QED) is 0.902. The summed E-state index contributed by atoms with van der Waals surface area (Å²) in [7, 11) is 1.93. The zero-order valence-corrected chi connectivity index (χ0v) is 13.5. The second-order valence-electron chi connectivity index (χ2n) is 5.97. The van der Waals surface area contributed by atoms with Crippen LogP contribution in [0.25, 0.3) is 0 Å². The number of aryl methyl sites for hydroxylation is 2. The van der Waals surface area contributed by atoms with Crippen molar-refractivity contribution in [2.24, 2.45) is 13.0 Å². The largest absolute Gasteiger partial charge is 0.393 e. The molecule has 22 heavy (non-hydrogen) atoms. The molecule has 1 saturated carbocycles. The van der Waals surface area contributed by atoms with Crippen LogP contribution in [0.5, 0.6) is 0 Å². The molecule has 1 aliphatic carbocycles. The third kappa shape index (κ3) is 2.94. The first kappa shape index (κ1) is 15.2. The van der Waals surface area contributed by atoms with Crippen LogP contribution in [-0.4, -0.2) is 37.5 Å². The van der Waals surface area contributed by atoms with Gasteiger partial charge in [-0.2, -0.15) is 0 Å². The number of pyridine rings is 1. The summed E-state index contributed by atoms with van der Waals surface area (Å²) in [5.41, 5.74) is 0.989. The second-order valence-corrected chi connectivity index (χ2v) is 6.35. The SMILES string of the molecule is Cc1ccnc(NC[C@H]2C[C@H](c3nncn3C)C[C@H]2O)c1Cl. The highest BCUT2D eigenvalue weighted by Gasteiger charge is 2.35. The number of aliphatic hydroxyl groups excluding tert-OH is 1. The molecule has 0 unspecified atom stereocenters. The summed E-state index contributed by atoms with van der Waals surface area (Å²) >= 11 is 6.24. The molecule has 0 spiro atoms. The predicted molar refractivity (Wildman–Crippen MR) is 84.9 cm³/mol. The average Bonchev–Trinajstić information content (AvgIpc) is 3.06. The highest BCUT2D eigenvalue weighted by atomic mass is 35.5. The van der Waals surface area contributed by atoms with Crippen LogP contribution >= 0.6 is 11.6 Å². The molecule has 0 radical (unpaired) electrons. The van der Waals surface area contributed by atoms with E-state index < -0.39 is 0 Å². The van der Waals surface area contributed by atoms with E-state index in [0.29, 0.717) is 23.8 Å². The predicted octanol–water partition coefficient (Wildman–Crippen LogP) is 2.14. The minimum atomic E-state index is -0.349. The van der Waals surface area contributed by atoms with Crippen molar-refractivity contribution in [2.75, 3.05) is 11.9 Å². The number of hydrogen-bond acceptors (Lipinski definition) is 5. The van der Waals surface area contributed by atoms with Crippen molar-refractivity contribution in [1.29, 1.82) is 0 Å². The molecule has 0 aromatic carbocycles. The minimum absolute atomic E-state index is 0.153. The summed E-state index contributed by atoms with van der Waals surface area (Å²) in [6.45, 7) is 2.59. The van der Waals surface area contributed by atoms with Crippen LogP contribution in [0.2, 0.25) is 5.02 Å². The Morgan fingerprint density at radius 2 is 2.27 bits per heavy atom. The Hall–Kier alpha value is -1.66. The molecule has 2 aromatic rings. The van der Waals surface area contributed by atoms with E-state index in [9.17, 15) is 5.11 Å². The molecule has 0 bridgehead atoms. The Balaban J connectivity index is 1.64. The summed E-state index contributed by atoms with van der Waals surface area (Å²) in [5.74, 6) is 2.01. The van der Waals surface area contributed by atoms with Crippen LogP contribution in [0.3, 0.4) is 0 Å². The summed E-state index contributed by atoms with van der Waals surface area (Å²) in [6.07, 6.45) is 4.68. The first-order valence-electron chi connectivity index (χ1n) is 7.43. The molecule has 3 atom stereocenters. The van der Waals surface area contributed by atoms with Gasteiger partial charge in [-0.25, -0.2) is 4.98 Å². The van der Waals surface area contributed by atoms with Crippen LogP contribution < -0.4 is 5.32 Å². The molecule has 6 nitrogen and oxygen atoms in total. The van der Waals surface area contributed by atoms with E-state index in [1.165, 1.54) is 0 Å². The van der Waals surface area contributed by atoms with Gasteiger partial charge in [-0.15, -0.1) is 10.2 Å². The first-order valence-corrected chi connectivity index (χ1v) is 7.81. The maximum Gasteiger partial charge on any atom is 0.145 e. The van der Waals surface area contributed by atoms with Crippen LogP contribution in [0.4, 0.5) is 5.82 Å². The van der Waals surface area contributed by atoms with Gasteiger partial charge in [0, 0.05) is 31.6 Å². The normalized spacial score (nSPS) is 24.6. The van der Waals surface area contributed by atoms with Crippen molar-refractivity contribution in [3.8, 4) is 0 Å². The number of nitrogens with zero attached hydrogens (tertiary/aromatic N) is 4. The van der Waals surface area contributed by atoms with Gasteiger partial charge in [0.05, 0.1) is 11.1 Å². The van der Waals surface area contributed by atoms with Crippen molar-refractivity contribution in [2.45, 2.75) is 31.8 Å². The van der Waals surface area contributed by atoms with E-state index >= 15 is 0 Å². The molecular weight excluding hydrogens is 302 g/mol. The molecule has 118 valence electrons. The van der Waals surface area contributed by atoms with E-state index in [-0.39, 0.29) is 17.9 Å². The lowest BCUT2D eigenvalue weighted by Gasteiger charge is -2.16. The number of aromatic nitrogens is 4. The van der Waals surface area contributed by atoms with Crippen molar-refractivity contribution in [3.05, 3.63) is 35.0 Å². The van der Waals surface area contributed by atoms with Gasteiger partial charge in [-0.1, -0.05) is 11.6 Å². The molecular formula is C15H20ClN5O. The lowest BCUT2D eigenvalue weighted by Crippen LogP contribution is -2.22. The summed E-state index contributed by atoms with van der Waals surface area (Å²) < 4.78 is 1.92. The molecule has 0 amide bonds. The maximum atomic E-state index is 10.3. The van der Waals surface area contributed by atoms with E-state index in [0.717, 1.165) is 17.8 Å². The number of rotatable bonds is 4. The molecule has 3 rings (SSSR count). The second kappa shape index (κ2) is 6.22. The smallest absolute Gasteiger partial charge is 0.145 e. The van der Waals surface area contributed by atoms with Crippen molar-refractivity contribution >= 4 is 17.4 Å². The topological polar surface area (TPSA) is 75.9 Å². The van der Waals surface area contributed by atoms with Crippen LogP contribution in [0.1, 0.15) is 30.1 Å². The Bertz CT molecular complexity index is 659. The third-order valence-electron chi connectivity index (χ3n) is 4.38. The molecule has 2 N–H and O–H groups in total. The maximum absolute atomic E-state index is 10.3. The number of nitrogens with one attached hydrogen (secondary N) is 1. The van der Waals surface area contributed by atoms with E-state index in [1.54, 1.807) is 12.5 Å². The van der Waals surface area contributed by atoms with Gasteiger partial charge in [0.15, 0.2) is 0 Å². The average molecular weight is 322 g/mol. The third-order valence-corrected chi connectivity index (χ3v) is 4.86. The number of anilines is 1. The Morgan fingerprint density at radius 3 is 3.00 bits per heavy atom. The van der Waals surface area contributed by atoms with Crippen molar-refractivity contribution < 1.29 is 5.11 Å². The van der Waals surface area contributed by atoms with E-state index in [4.69, 9.17) is 11.6 Å². The zero-order chi connectivity index (χ0) is 15.7. The van der Waals surface area contributed by atoms with Gasteiger partial charge in [0.25, 0.3) is 0 Å². The lowest BCUT2D eigenvalue weighted by molar-refractivity contribution is 0.137. The number of halogens is 1. The van der Waals surface area contributed by atoms with Gasteiger partial charge in [0.1, 0.15) is 18.0 Å². The molecule has 2 aromatic heterocycles. The summed E-state index contributed by atoms with van der Waals surface area (Å²) in [4.78, 5) is 4.26. The van der Waals surface area contributed by atoms with Crippen LogP contribution in [0, 0.1) is 12.8 Å². The fraction of sp³-hybridized carbons (Fsp3) is 0.533. The highest BCUT2D eigenvalue weighted by molar-refractivity contribution is 6.33.